The van der Waals surface area contributed by atoms with Gasteiger partial charge in [-0.25, -0.2) is 9.59 Å². The van der Waals surface area contributed by atoms with Crippen molar-refractivity contribution in [2.75, 3.05) is 51.1 Å². The number of para-hydroxylation sites is 1. The summed E-state index contributed by atoms with van der Waals surface area (Å²) in [6.45, 7) is 7.08. The topological polar surface area (TPSA) is 94.2 Å². The quantitative estimate of drug-likeness (QED) is 0.392. The summed E-state index contributed by atoms with van der Waals surface area (Å²) in [6, 6.07) is 13.6. The second-order valence-electron chi connectivity index (χ2n) is 13.2. The molecule has 0 bridgehead atoms. The highest BCUT2D eigenvalue weighted by Crippen LogP contribution is 2.32. The van der Waals surface area contributed by atoms with Crippen LogP contribution in [0.3, 0.4) is 0 Å². The second-order valence-corrected chi connectivity index (χ2v) is 13.6. The van der Waals surface area contributed by atoms with Crippen molar-refractivity contribution in [2.24, 2.45) is 11.8 Å². The van der Waals surface area contributed by atoms with Crippen LogP contribution in [0.15, 0.2) is 42.5 Å². The van der Waals surface area contributed by atoms with Crippen LogP contribution >= 0.6 is 11.6 Å². The summed E-state index contributed by atoms with van der Waals surface area (Å²) in [7, 11) is 0. The van der Waals surface area contributed by atoms with E-state index in [1.165, 1.54) is 12.8 Å². The maximum Gasteiger partial charge on any atom is 0.410 e. The lowest BCUT2D eigenvalue weighted by Crippen LogP contribution is -2.52. The van der Waals surface area contributed by atoms with Gasteiger partial charge in [-0.15, -0.1) is 0 Å². The van der Waals surface area contributed by atoms with Crippen molar-refractivity contribution in [3.63, 3.8) is 0 Å². The van der Waals surface area contributed by atoms with E-state index < -0.39 is 12.2 Å². The summed E-state index contributed by atoms with van der Waals surface area (Å²) in [5.41, 5.74) is 3.83. The third kappa shape index (κ3) is 7.97. The predicted molar refractivity (Wildman–Crippen MR) is 182 cm³/mol. The summed E-state index contributed by atoms with van der Waals surface area (Å²) < 4.78 is 6.04. The van der Waals surface area contributed by atoms with Gasteiger partial charge in [0.1, 0.15) is 0 Å². The monoisotopic (exact) mass is 651 g/mol. The van der Waals surface area contributed by atoms with Gasteiger partial charge in [0, 0.05) is 55.9 Å². The molecule has 1 atom stereocenters. The molecule has 0 aliphatic carbocycles. The number of fused-ring (bicyclic) bond motifs is 1. The average molecular weight is 652 g/mol. The van der Waals surface area contributed by atoms with Crippen LogP contribution in [-0.4, -0.2) is 90.7 Å². The number of likely N-dealkylation sites (tertiary alicyclic amines) is 2. The van der Waals surface area contributed by atoms with E-state index in [1.807, 2.05) is 53.1 Å². The number of carbonyl (C=O) groups is 3. The molecule has 0 saturated carbocycles. The Morgan fingerprint density at radius 2 is 1.59 bits per heavy atom. The van der Waals surface area contributed by atoms with Crippen LogP contribution in [0, 0.1) is 18.8 Å². The van der Waals surface area contributed by atoms with Crippen LogP contribution in [0.2, 0.25) is 5.02 Å². The molecule has 0 spiro atoms. The number of aryl methyl sites for hydroxylation is 1. The van der Waals surface area contributed by atoms with Gasteiger partial charge in [0.25, 0.3) is 5.91 Å². The van der Waals surface area contributed by atoms with Crippen molar-refractivity contribution in [2.45, 2.75) is 77.9 Å². The molecule has 4 heterocycles. The van der Waals surface area contributed by atoms with Gasteiger partial charge in [-0.2, -0.15) is 0 Å². The Hall–Kier alpha value is -3.30. The molecule has 10 heteroatoms. The van der Waals surface area contributed by atoms with Gasteiger partial charge < -0.3 is 30.1 Å². The standard InChI is InChI=1S/C35H46ClN5O4.CH4/c1-24-6-7-25(22-30(24)36)23-32(33(42)39-17-10-27(11-18-39)26-8-15-37-16-9-26)45-35(44)40-19-13-29(14-20-40)41-21-12-28-4-2-3-5-31(28)38-34(41)43;/h2-7,22,26-27,29,32,37H,8-21,23H2,1H3,(H,38,43);1H4/t32-;/m1./s1. The number of ether oxygens (including phenoxy) is 1. The summed E-state index contributed by atoms with van der Waals surface area (Å²) in [5, 5.41) is 7.14. The van der Waals surface area contributed by atoms with Crippen LogP contribution < -0.4 is 10.6 Å². The number of anilines is 1. The highest BCUT2D eigenvalue weighted by molar-refractivity contribution is 6.31. The van der Waals surface area contributed by atoms with Crippen molar-refractivity contribution in [1.82, 2.24) is 20.0 Å². The predicted octanol–water partition coefficient (Wildman–Crippen LogP) is 6.13. The fraction of sp³-hybridized carbons (Fsp3) is 0.583. The third-order valence-corrected chi connectivity index (χ3v) is 10.8. The first kappa shape index (κ1) is 34.0. The fourth-order valence-electron chi connectivity index (χ4n) is 7.56. The van der Waals surface area contributed by atoms with Crippen molar-refractivity contribution >= 4 is 35.3 Å². The molecular weight excluding hydrogens is 602 g/mol. The number of benzene rings is 2. The van der Waals surface area contributed by atoms with E-state index in [2.05, 4.69) is 16.7 Å². The van der Waals surface area contributed by atoms with E-state index in [9.17, 15) is 14.4 Å². The number of rotatable bonds is 6. The van der Waals surface area contributed by atoms with Crippen molar-refractivity contribution < 1.29 is 19.1 Å². The molecule has 4 aliphatic rings. The second kappa shape index (κ2) is 15.5. The van der Waals surface area contributed by atoms with Gasteiger partial charge in [-0.1, -0.05) is 49.4 Å². The fourth-order valence-corrected chi connectivity index (χ4v) is 7.76. The minimum Gasteiger partial charge on any atom is -0.436 e. The smallest absolute Gasteiger partial charge is 0.410 e. The van der Waals surface area contributed by atoms with E-state index >= 15 is 0 Å². The van der Waals surface area contributed by atoms with E-state index in [1.54, 1.807) is 4.90 Å². The first-order chi connectivity index (χ1) is 21.9. The summed E-state index contributed by atoms with van der Waals surface area (Å²) in [5.74, 6) is 1.25. The van der Waals surface area contributed by atoms with Gasteiger partial charge in [-0.05, 0) is 106 Å². The zero-order valence-corrected chi connectivity index (χ0v) is 27.1. The Balaban J connectivity index is 0.00000417. The molecule has 250 valence electrons. The first-order valence-corrected chi connectivity index (χ1v) is 17.1. The molecule has 0 radical (unpaired) electrons. The molecule has 4 amide bonds. The molecule has 3 saturated heterocycles. The number of nitrogens with zero attached hydrogens (tertiary/aromatic N) is 3. The molecule has 2 N–H and O–H groups in total. The molecule has 2 aromatic carbocycles. The van der Waals surface area contributed by atoms with Crippen molar-refractivity contribution in [3.8, 4) is 0 Å². The maximum absolute atomic E-state index is 13.9. The van der Waals surface area contributed by atoms with Gasteiger partial charge in [-0.3, -0.25) is 4.79 Å². The number of halogens is 1. The highest BCUT2D eigenvalue weighted by atomic mass is 35.5. The largest absolute Gasteiger partial charge is 0.436 e. The highest BCUT2D eigenvalue weighted by Gasteiger charge is 2.36. The van der Waals surface area contributed by atoms with Crippen LogP contribution in [0.5, 0.6) is 0 Å². The molecule has 2 aromatic rings. The van der Waals surface area contributed by atoms with Crippen LogP contribution in [0.1, 0.15) is 62.6 Å². The molecule has 6 rings (SSSR count). The summed E-state index contributed by atoms with van der Waals surface area (Å²) in [6.07, 6.45) is 5.42. The van der Waals surface area contributed by atoms with E-state index in [4.69, 9.17) is 16.3 Å². The van der Waals surface area contributed by atoms with Gasteiger partial charge in [0.2, 0.25) is 0 Å². The summed E-state index contributed by atoms with van der Waals surface area (Å²) >= 11 is 6.42. The van der Waals surface area contributed by atoms with Crippen LogP contribution in [0.25, 0.3) is 0 Å². The number of hydrogen-bond donors (Lipinski definition) is 2. The Bertz CT molecular complexity index is 1370. The number of piperidine rings is 3. The number of nitrogens with one attached hydrogen (secondary N) is 2. The lowest BCUT2D eigenvalue weighted by atomic mass is 9.79. The molecule has 4 aliphatic heterocycles. The molecule has 0 unspecified atom stereocenters. The Morgan fingerprint density at radius 3 is 2.30 bits per heavy atom. The Kier molecular flexibility index (Phi) is 11.5. The Labute approximate surface area is 279 Å². The van der Waals surface area contributed by atoms with E-state index in [0.29, 0.717) is 56.5 Å². The Morgan fingerprint density at radius 1 is 0.913 bits per heavy atom. The van der Waals surface area contributed by atoms with Gasteiger partial charge in [0.15, 0.2) is 6.10 Å². The van der Waals surface area contributed by atoms with E-state index in [-0.39, 0.29) is 31.8 Å². The molecule has 46 heavy (non-hydrogen) atoms. The minimum absolute atomic E-state index is 0. The van der Waals surface area contributed by atoms with Gasteiger partial charge >= 0.3 is 12.1 Å². The average Bonchev–Trinajstić information content (AvgIpc) is 3.24. The zero-order valence-electron chi connectivity index (χ0n) is 26.3. The maximum atomic E-state index is 13.9. The van der Waals surface area contributed by atoms with Crippen LogP contribution in [0.4, 0.5) is 15.3 Å². The first-order valence-electron chi connectivity index (χ1n) is 16.7. The number of urea groups is 1. The SMILES string of the molecule is C.Cc1ccc(C[C@@H](OC(=O)N2CCC(N3CCc4ccccc4NC3=O)CC2)C(=O)N2CCC(C3CCNCC3)CC2)cc1Cl. The molecule has 9 nitrogen and oxygen atoms in total. The molecular formula is C36H50ClN5O4. The van der Waals surface area contributed by atoms with Crippen molar-refractivity contribution in [1.29, 1.82) is 0 Å². The number of carbonyl (C=O) groups excluding carboxylic acids is 3. The van der Waals surface area contributed by atoms with E-state index in [0.717, 1.165) is 60.6 Å². The number of amides is 4. The lowest BCUT2D eigenvalue weighted by Gasteiger charge is -2.39. The van der Waals surface area contributed by atoms with Gasteiger partial charge in [0.05, 0.1) is 0 Å². The van der Waals surface area contributed by atoms with Crippen molar-refractivity contribution in [3.05, 3.63) is 64.2 Å². The third-order valence-electron chi connectivity index (χ3n) is 10.4. The summed E-state index contributed by atoms with van der Waals surface area (Å²) in [4.78, 5) is 46.0. The molecule has 3 fully saturated rings. The molecule has 0 aromatic heterocycles. The normalized spacial score (nSPS) is 20.7. The lowest BCUT2D eigenvalue weighted by molar-refractivity contribution is -0.142. The van der Waals surface area contributed by atoms with Crippen LogP contribution in [-0.2, 0) is 22.4 Å². The minimum atomic E-state index is -0.917. The zero-order chi connectivity index (χ0) is 31.3. The number of hydrogen-bond acceptors (Lipinski definition) is 5.